The molecule has 1 aromatic carbocycles. The third-order valence-corrected chi connectivity index (χ3v) is 9.23. The van der Waals surface area contributed by atoms with Crippen LogP contribution in [0.25, 0.3) is 11.4 Å². The Morgan fingerprint density at radius 3 is 2.33 bits per heavy atom. The lowest BCUT2D eigenvalue weighted by molar-refractivity contribution is -0.137. The molecule has 3 aromatic rings. The summed E-state index contributed by atoms with van der Waals surface area (Å²) in [6, 6.07) is 11.4. The van der Waals surface area contributed by atoms with Crippen molar-refractivity contribution in [3.63, 3.8) is 0 Å². The first-order valence-corrected chi connectivity index (χ1v) is 15.1. The Kier molecular flexibility index (Phi) is 8.37. The quantitative estimate of drug-likeness (QED) is 0.424. The predicted molar refractivity (Wildman–Crippen MR) is 156 cm³/mol. The Bertz CT molecular complexity index is 1390. The molecule has 8 nitrogen and oxygen atoms in total. The van der Waals surface area contributed by atoms with Gasteiger partial charge < -0.3 is 20.2 Å². The number of alkyl halides is 3. The molecule has 2 N–H and O–H groups in total. The van der Waals surface area contributed by atoms with Crippen molar-refractivity contribution >= 4 is 11.6 Å². The van der Waals surface area contributed by atoms with Gasteiger partial charge in [0.1, 0.15) is 5.60 Å². The minimum atomic E-state index is -4.37. The summed E-state index contributed by atoms with van der Waals surface area (Å²) in [7, 11) is 0. The number of nitrogens with zero attached hydrogens (tertiary/aromatic N) is 5. The topological polar surface area (TPSA) is 94.5 Å². The molecule has 0 spiro atoms. The molecule has 11 heteroatoms. The zero-order chi connectivity index (χ0) is 30.0. The first-order chi connectivity index (χ1) is 20.7. The molecule has 2 aromatic heterocycles. The van der Waals surface area contributed by atoms with Gasteiger partial charge in [0, 0.05) is 74.0 Å². The molecule has 43 heavy (non-hydrogen) atoms. The highest BCUT2D eigenvalue weighted by Gasteiger charge is 2.38. The number of rotatable bonds is 6. The Morgan fingerprint density at radius 2 is 1.65 bits per heavy atom. The van der Waals surface area contributed by atoms with Crippen molar-refractivity contribution in [2.75, 3.05) is 31.1 Å². The van der Waals surface area contributed by atoms with E-state index in [0.717, 1.165) is 30.9 Å². The van der Waals surface area contributed by atoms with Crippen LogP contribution in [-0.2, 0) is 16.6 Å². The molecule has 0 bridgehead atoms. The van der Waals surface area contributed by atoms with E-state index in [9.17, 15) is 23.1 Å². The van der Waals surface area contributed by atoms with Gasteiger partial charge in [-0.3, -0.25) is 9.78 Å². The summed E-state index contributed by atoms with van der Waals surface area (Å²) in [5.41, 5.74) is 0.424. The highest BCUT2D eigenvalue weighted by molar-refractivity contribution is 5.79. The molecule has 1 unspecified atom stereocenters. The minimum absolute atomic E-state index is 0.0992. The number of hydrogen-bond acceptors (Lipinski definition) is 7. The number of hydrogen-bond donors (Lipinski definition) is 2. The number of piperidine rings is 1. The van der Waals surface area contributed by atoms with Crippen LogP contribution in [0, 0.1) is 5.92 Å². The van der Waals surface area contributed by atoms with Gasteiger partial charge in [0.05, 0.1) is 11.3 Å². The maximum absolute atomic E-state index is 13.3. The molecular weight excluding hydrogens is 557 g/mol. The fourth-order valence-corrected chi connectivity index (χ4v) is 6.72. The third kappa shape index (κ3) is 6.67. The number of aromatic nitrogens is 3. The van der Waals surface area contributed by atoms with E-state index in [-0.39, 0.29) is 23.9 Å². The zero-order valence-electron chi connectivity index (χ0n) is 24.0. The number of carbonyl (C=O) groups excluding carboxylic acids is 1. The molecule has 1 aliphatic carbocycles. The lowest BCUT2D eigenvalue weighted by Gasteiger charge is -2.37. The Balaban J connectivity index is 0.955. The molecule has 3 aliphatic rings. The largest absolute Gasteiger partial charge is 0.416 e. The molecular formula is C32H37F3N6O2. The van der Waals surface area contributed by atoms with E-state index in [1.54, 1.807) is 30.7 Å². The van der Waals surface area contributed by atoms with Crippen LogP contribution in [0.4, 0.5) is 18.9 Å². The lowest BCUT2D eigenvalue weighted by atomic mass is 9.79. The number of benzene rings is 1. The number of aliphatic hydroxyl groups is 1. The van der Waals surface area contributed by atoms with Crippen molar-refractivity contribution in [3.8, 4) is 11.4 Å². The van der Waals surface area contributed by atoms with Crippen molar-refractivity contribution in [2.24, 2.45) is 5.92 Å². The smallest absolute Gasteiger partial charge is 0.384 e. The van der Waals surface area contributed by atoms with E-state index < -0.39 is 17.3 Å². The van der Waals surface area contributed by atoms with Crippen molar-refractivity contribution in [1.82, 2.24) is 25.2 Å². The molecule has 6 rings (SSSR count). The van der Waals surface area contributed by atoms with Crippen molar-refractivity contribution in [2.45, 2.75) is 68.8 Å². The first-order valence-electron chi connectivity index (χ1n) is 15.1. The van der Waals surface area contributed by atoms with Gasteiger partial charge in [-0.25, -0.2) is 9.97 Å². The van der Waals surface area contributed by atoms with Gasteiger partial charge in [0.25, 0.3) is 0 Å². The number of carbonyl (C=O) groups is 1. The average Bonchev–Trinajstić information content (AvgIpc) is 3.51. The van der Waals surface area contributed by atoms with Gasteiger partial charge in [-0.1, -0.05) is 6.07 Å². The van der Waals surface area contributed by atoms with Crippen LogP contribution < -0.4 is 10.2 Å². The number of pyridine rings is 1. The number of anilines is 1. The Labute approximate surface area is 249 Å². The van der Waals surface area contributed by atoms with Crippen LogP contribution in [0.15, 0.2) is 61.1 Å². The molecule has 0 radical (unpaired) electrons. The van der Waals surface area contributed by atoms with E-state index in [0.29, 0.717) is 69.1 Å². The normalized spacial score (nSPS) is 25.2. The van der Waals surface area contributed by atoms with E-state index in [2.05, 4.69) is 20.3 Å². The second-order valence-corrected chi connectivity index (χ2v) is 12.1. The Morgan fingerprint density at radius 1 is 0.907 bits per heavy atom. The number of nitrogens with one attached hydrogen (secondary N) is 1. The fourth-order valence-electron chi connectivity index (χ4n) is 6.72. The average molecular weight is 595 g/mol. The van der Waals surface area contributed by atoms with Gasteiger partial charge in [-0.2, -0.15) is 13.2 Å². The molecule has 3 fully saturated rings. The van der Waals surface area contributed by atoms with Crippen LogP contribution in [0.1, 0.15) is 56.2 Å². The summed E-state index contributed by atoms with van der Waals surface area (Å²) < 4.78 is 39.4. The summed E-state index contributed by atoms with van der Waals surface area (Å²) in [5, 5.41) is 15.1. The van der Waals surface area contributed by atoms with E-state index >= 15 is 0 Å². The summed E-state index contributed by atoms with van der Waals surface area (Å²) in [6.45, 7) is 2.51. The number of amides is 1. The van der Waals surface area contributed by atoms with E-state index in [1.807, 2.05) is 21.9 Å². The second kappa shape index (κ2) is 12.2. The van der Waals surface area contributed by atoms with E-state index in [4.69, 9.17) is 0 Å². The maximum atomic E-state index is 13.3. The van der Waals surface area contributed by atoms with E-state index in [1.165, 1.54) is 12.1 Å². The van der Waals surface area contributed by atoms with Gasteiger partial charge in [0.15, 0.2) is 5.82 Å². The number of likely N-dealkylation sites (tertiary alicyclic amines) is 1. The van der Waals surface area contributed by atoms with Crippen LogP contribution in [0.2, 0.25) is 0 Å². The van der Waals surface area contributed by atoms with Gasteiger partial charge in [-0.05, 0) is 81.3 Å². The van der Waals surface area contributed by atoms with Gasteiger partial charge >= 0.3 is 6.18 Å². The monoisotopic (exact) mass is 594 g/mol. The number of halogens is 3. The van der Waals surface area contributed by atoms with Gasteiger partial charge in [0.2, 0.25) is 5.91 Å². The highest BCUT2D eigenvalue weighted by Crippen LogP contribution is 2.37. The van der Waals surface area contributed by atoms with Crippen molar-refractivity contribution in [3.05, 3.63) is 72.3 Å². The third-order valence-electron chi connectivity index (χ3n) is 9.23. The molecule has 228 valence electrons. The maximum Gasteiger partial charge on any atom is 0.416 e. The molecule has 1 atom stereocenters. The Hall–Kier alpha value is -3.57. The molecule has 1 amide bonds. The van der Waals surface area contributed by atoms with Gasteiger partial charge in [-0.15, -0.1) is 0 Å². The second-order valence-electron chi connectivity index (χ2n) is 12.1. The SMILES string of the molecule is O=C(C1CCN(c2cccc(C(F)(F)F)c2)CC1)N1CCC(NC2CCC(O)(c3ccc(-c4ncccn4)cn3)CC2)C1. The van der Waals surface area contributed by atoms with Crippen molar-refractivity contribution in [1.29, 1.82) is 0 Å². The highest BCUT2D eigenvalue weighted by atomic mass is 19.4. The first kappa shape index (κ1) is 29.5. The summed E-state index contributed by atoms with van der Waals surface area (Å²) in [6.07, 6.45) is 5.74. The molecule has 4 heterocycles. The molecule has 2 saturated heterocycles. The van der Waals surface area contributed by atoms with Crippen LogP contribution >= 0.6 is 0 Å². The lowest BCUT2D eigenvalue weighted by Crippen LogP contribution is -2.46. The molecule has 1 saturated carbocycles. The summed E-state index contributed by atoms with van der Waals surface area (Å²) in [5.74, 6) is 0.658. The predicted octanol–water partition coefficient (Wildman–Crippen LogP) is 4.79. The zero-order valence-corrected chi connectivity index (χ0v) is 24.0. The van der Waals surface area contributed by atoms with Crippen LogP contribution in [0.3, 0.4) is 0 Å². The molecule has 2 aliphatic heterocycles. The fraction of sp³-hybridized carbons (Fsp3) is 0.500. The van der Waals surface area contributed by atoms with Crippen LogP contribution in [-0.4, -0.2) is 69.1 Å². The summed E-state index contributed by atoms with van der Waals surface area (Å²) in [4.78, 5) is 30.3. The minimum Gasteiger partial charge on any atom is -0.384 e. The van der Waals surface area contributed by atoms with Crippen LogP contribution in [0.5, 0.6) is 0 Å². The van der Waals surface area contributed by atoms with Crippen molar-refractivity contribution < 1.29 is 23.1 Å². The summed E-state index contributed by atoms with van der Waals surface area (Å²) >= 11 is 0. The standard InChI is InChI=1S/C32H37F3N6O2/c33-32(34,35)24-3-1-4-27(19-24)40-16-9-22(10-17-40)30(42)41-18-11-26(21-41)39-25-7-12-31(43,13-8-25)28-6-5-23(20-38-28)29-36-14-2-15-37-29/h1-6,14-15,19-20,22,25-26,39,43H,7-13,16-18,21H2.